The van der Waals surface area contributed by atoms with E-state index in [1.165, 1.54) is 0 Å². The van der Waals surface area contributed by atoms with E-state index in [9.17, 15) is 0 Å². The second kappa shape index (κ2) is 4.57. The van der Waals surface area contributed by atoms with E-state index in [0.29, 0.717) is 0 Å². The number of hydrogen-bond acceptors (Lipinski definition) is 5. The van der Waals surface area contributed by atoms with Crippen molar-refractivity contribution in [2.75, 3.05) is 11.1 Å². The number of nitrogens with two attached hydrogens (primary N) is 1. The first kappa shape index (κ1) is 10.4. The molecule has 0 radical (unpaired) electrons. The second-order valence-corrected chi connectivity index (χ2v) is 3.45. The maximum absolute atomic E-state index is 5.50. The molecule has 2 aromatic heterocycles. The van der Waals surface area contributed by atoms with Crippen LogP contribution in [0.5, 0.6) is 0 Å². The molecule has 0 aliphatic heterocycles. The minimum Gasteiger partial charge on any atom is -0.368 e. The van der Waals surface area contributed by atoms with Crippen LogP contribution in [0.4, 0.5) is 11.8 Å². The monoisotopic (exact) mass is 215 g/mol. The molecule has 0 amide bonds. The molecular weight excluding hydrogens is 202 g/mol. The van der Waals surface area contributed by atoms with Crippen LogP contribution in [0.1, 0.15) is 18.5 Å². The minimum atomic E-state index is 0.150. The Morgan fingerprint density at radius 3 is 2.62 bits per heavy atom. The third-order valence-corrected chi connectivity index (χ3v) is 2.24. The third-order valence-electron chi connectivity index (χ3n) is 2.24. The van der Waals surface area contributed by atoms with Gasteiger partial charge in [-0.1, -0.05) is 0 Å². The van der Waals surface area contributed by atoms with E-state index >= 15 is 0 Å². The molecule has 1 atom stereocenters. The molecule has 0 aliphatic rings. The first-order chi connectivity index (χ1) is 7.75. The first-order valence-electron chi connectivity index (χ1n) is 5.00. The van der Waals surface area contributed by atoms with Crippen molar-refractivity contribution in [1.82, 2.24) is 15.0 Å². The normalized spacial score (nSPS) is 12.1. The number of nitrogens with zero attached hydrogens (tertiary/aromatic N) is 3. The molecular formula is C11H13N5. The Hall–Kier alpha value is -2.17. The number of pyridine rings is 1. The largest absolute Gasteiger partial charge is 0.368 e. The van der Waals surface area contributed by atoms with Crippen molar-refractivity contribution in [2.45, 2.75) is 13.0 Å². The van der Waals surface area contributed by atoms with Gasteiger partial charge in [0.05, 0.1) is 6.04 Å². The molecule has 0 bridgehead atoms. The lowest BCUT2D eigenvalue weighted by Gasteiger charge is -2.14. The van der Waals surface area contributed by atoms with Crippen LogP contribution in [-0.2, 0) is 0 Å². The number of hydrogen-bond donors (Lipinski definition) is 2. The van der Waals surface area contributed by atoms with Crippen molar-refractivity contribution in [1.29, 1.82) is 0 Å². The summed E-state index contributed by atoms with van der Waals surface area (Å²) in [5.74, 6) is 0.990. The zero-order valence-corrected chi connectivity index (χ0v) is 8.96. The van der Waals surface area contributed by atoms with Crippen LogP contribution >= 0.6 is 0 Å². The van der Waals surface area contributed by atoms with E-state index in [1.54, 1.807) is 24.7 Å². The van der Waals surface area contributed by atoms with Gasteiger partial charge in [-0.05, 0) is 30.7 Å². The zero-order valence-electron chi connectivity index (χ0n) is 8.96. The van der Waals surface area contributed by atoms with E-state index in [2.05, 4.69) is 20.3 Å². The molecule has 0 fully saturated rings. The molecule has 0 aliphatic carbocycles. The maximum atomic E-state index is 5.50. The number of rotatable bonds is 3. The summed E-state index contributed by atoms with van der Waals surface area (Å²) in [6.07, 6.45) is 5.16. The lowest BCUT2D eigenvalue weighted by atomic mass is 10.1. The Kier molecular flexibility index (Phi) is 2.95. The molecule has 0 saturated carbocycles. The summed E-state index contributed by atoms with van der Waals surface area (Å²) in [5, 5.41) is 3.24. The fourth-order valence-electron chi connectivity index (χ4n) is 1.41. The fourth-order valence-corrected chi connectivity index (χ4v) is 1.41. The van der Waals surface area contributed by atoms with Crippen LogP contribution in [0.3, 0.4) is 0 Å². The predicted molar refractivity (Wildman–Crippen MR) is 62.7 cm³/mol. The van der Waals surface area contributed by atoms with Crippen LogP contribution < -0.4 is 11.1 Å². The summed E-state index contributed by atoms with van der Waals surface area (Å²) in [7, 11) is 0. The third kappa shape index (κ3) is 2.44. The molecule has 2 heterocycles. The standard InChI is InChI=1S/C11H13N5/c1-8(9-2-5-13-6-3-9)15-10-4-7-14-11(12)16-10/h2-8H,1H3,(H3,12,14,15,16). The predicted octanol–water partition coefficient (Wildman–Crippen LogP) is 1.63. The van der Waals surface area contributed by atoms with Gasteiger partial charge >= 0.3 is 0 Å². The van der Waals surface area contributed by atoms with Crippen molar-refractivity contribution < 1.29 is 0 Å². The van der Waals surface area contributed by atoms with Crippen molar-refractivity contribution >= 4 is 11.8 Å². The molecule has 2 rings (SSSR count). The molecule has 0 spiro atoms. The van der Waals surface area contributed by atoms with Gasteiger partial charge in [0, 0.05) is 18.6 Å². The van der Waals surface area contributed by atoms with Crippen molar-refractivity contribution in [2.24, 2.45) is 0 Å². The smallest absolute Gasteiger partial charge is 0.221 e. The summed E-state index contributed by atoms with van der Waals surface area (Å²) in [6.45, 7) is 2.05. The molecule has 0 aromatic carbocycles. The van der Waals surface area contributed by atoms with Gasteiger partial charge in [-0.25, -0.2) is 4.98 Å². The van der Waals surface area contributed by atoms with Crippen molar-refractivity contribution in [3.05, 3.63) is 42.4 Å². The Balaban J connectivity index is 2.11. The fraction of sp³-hybridized carbons (Fsp3) is 0.182. The lowest BCUT2D eigenvalue weighted by molar-refractivity contribution is 0.869. The summed E-state index contributed by atoms with van der Waals surface area (Å²) in [5.41, 5.74) is 6.65. The van der Waals surface area contributed by atoms with E-state index in [0.717, 1.165) is 11.4 Å². The van der Waals surface area contributed by atoms with Gasteiger partial charge in [-0.3, -0.25) is 4.98 Å². The summed E-state index contributed by atoms with van der Waals surface area (Å²) >= 11 is 0. The van der Waals surface area contributed by atoms with E-state index in [4.69, 9.17) is 5.73 Å². The zero-order chi connectivity index (χ0) is 11.4. The number of aromatic nitrogens is 3. The topological polar surface area (TPSA) is 76.7 Å². The first-order valence-corrected chi connectivity index (χ1v) is 5.00. The average molecular weight is 215 g/mol. The molecule has 5 heteroatoms. The second-order valence-electron chi connectivity index (χ2n) is 3.45. The van der Waals surface area contributed by atoms with Crippen LogP contribution in [-0.4, -0.2) is 15.0 Å². The van der Waals surface area contributed by atoms with Crippen LogP contribution in [0.25, 0.3) is 0 Å². The van der Waals surface area contributed by atoms with E-state index < -0.39 is 0 Å². The minimum absolute atomic E-state index is 0.150. The highest BCUT2D eigenvalue weighted by Gasteiger charge is 2.05. The highest BCUT2D eigenvalue weighted by molar-refractivity contribution is 5.40. The van der Waals surface area contributed by atoms with Crippen LogP contribution in [0, 0.1) is 0 Å². The Morgan fingerprint density at radius 1 is 1.19 bits per heavy atom. The molecule has 0 saturated heterocycles. The van der Waals surface area contributed by atoms with Crippen LogP contribution in [0.15, 0.2) is 36.8 Å². The molecule has 82 valence electrons. The highest BCUT2D eigenvalue weighted by atomic mass is 15.1. The quantitative estimate of drug-likeness (QED) is 0.813. The van der Waals surface area contributed by atoms with Gasteiger partial charge in [0.2, 0.25) is 5.95 Å². The van der Waals surface area contributed by atoms with Gasteiger partial charge in [-0.2, -0.15) is 4.98 Å². The van der Waals surface area contributed by atoms with E-state index in [1.807, 2.05) is 19.1 Å². The SMILES string of the molecule is CC(Nc1ccnc(N)n1)c1ccncc1. The van der Waals surface area contributed by atoms with Crippen molar-refractivity contribution in [3.63, 3.8) is 0 Å². The lowest BCUT2D eigenvalue weighted by Crippen LogP contribution is -2.09. The molecule has 5 nitrogen and oxygen atoms in total. The van der Waals surface area contributed by atoms with E-state index in [-0.39, 0.29) is 12.0 Å². The van der Waals surface area contributed by atoms with Gasteiger partial charge in [-0.15, -0.1) is 0 Å². The molecule has 2 aromatic rings. The summed E-state index contributed by atoms with van der Waals surface area (Å²) in [4.78, 5) is 11.9. The molecule has 16 heavy (non-hydrogen) atoms. The Bertz CT molecular complexity index is 457. The highest BCUT2D eigenvalue weighted by Crippen LogP contribution is 2.16. The summed E-state index contributed by atoms with van der Waals surface area (Å²) in [6, 6.07) is 5.86. The number of nitrogens with one attached hydrogen (secondary N) is 1. The average Bonchev–Trinajstić information content (AvgIpc) is 2.30. The van der Waals surface area contributed by atoms with Crippen molar-refractivity contribution in [3.8, 4) is 0 Å². The maximum Gasteiger partial charge on any atom is 0.221 e. The summed E-state index contributed by atoms with van der Waals surface area (Å²) < 4.78 is 0. The molecule has 1 unspecified atom stereocenters. The number of nitrogen functional groups attached to an aromatic ring is 1. The van der Waals surface area contributed by atoms with Gasteiger partial charge in [0.1, 0.15) is 5.82 Å². The van der Waals surface area contributed by atoms with Gasteiger partial charge in [0.25, 0.3) is 0 Å². The Morgan fingerprint density at radius 2 is 1.94 bits per heavy atom. The van der Waals surface area contributed by atoms with Gasteiger partial charge < -0.3 is 11.1 Å². The Labute approximate surface area is 93.8 Å². The molecule has 3 N–H and O–H groups in total. The van der Waals surface area contributed by atoms with Crippen LogP contribution in [0.2, 0.25) is 0 Å². The number of anilines is 2. The van der Waals surface area contributed by atoms with Gasteiger partial charge in [0.15, 0.2) is 0 Å².